The Kier molecular flexibility index (Phi) is 12.5. The van der Waals surface area contributed by atoms with Crippen molar-refractivity contribution in [1.82, 2.24) is 0 Å². The second-order valence-electron chi connectivity index (χ2n) is 3.48. The number of carbonyl (C=O) groups excluding carboxylic acids is 1. The normalized spacial score (nSPS) is 11.9. The van der Waals surface area contributed by atoms with Crippen molar-refractivity contribution in [2.75, 3.05) is 7.11 Å². The van der Waals surface area contributed by atoms with Gasteiger partial charge in [-0.3, -0.25) is 4.79 Å². The molecule has 0 fully saturated rings. The van der Waals surface area contributed by atoms with E-state index in [1.54, 1.807) is 6.08 Å². The maximum atomic E-state index is 10.9. The van der Waals surface area contributed by atoms with Crippen molar-refractivity contribution in [2.45, 2.75) is 47.0 Å². The van der Waals surface area contributed by atoms with E-state index < -0.39 is 0 Å². The minimum Gasteiger partial charge on any atom is -0.507 e. The second kappa shape index (κ2) is 12.0. The monoisotopic (exact) mass is 254 g/mol. The van der Waals surface area contributed by atoms with Gasteiger partial charge < -0.3 is 9.84 Å². The maximum absolute atomic E-state index is 10.9. The summed E-state index contributed by atoms with van der Waals surface area (Å²) in [6.45, 7) is 11.3. The van der Waals surface area contributed by atoms with Crippen LogP contribution < -0.4 is 0 Å². The zero-order valence-corrected chi connectivity index (χ0v) is 12.2. The second-order valence-corrected chi connectivity index (χ2v) is 3.48. The molecule has 0 aromatic heterocycles. The molecule has 18 heavy (non-hydrogen) atoms. The molecular formula is C15H26O3. The van der Waals surface area contributed by atoms with E-state index in [1.165, 1.54) is 7.11 Å². The molecule has 0 aliphatic heterocycles. The quantitative estimate of drug-likeness (QED) is 0.436. The van der Waals surface area contributed by atoms with Crippen LogP contribution in [0, 0.1) is 0 Å². The van der Waals surface area contributed by atoms with Crippen molar-refractivity contribution in [3.05, 3.63) is 35.6 Å². The molecule has 0 aliphatic carbocycles. The minimum atomic E-state index is -0.231. The Morgan fingerprint density at radius 1 is 1.33 bits per heavy atom. The molecular weight excluding hydrogens is 228 g/mol. The molecule has 0 rings (SSSR count). The highest BCUT2D eigenvalue weighted by molar-refractivity contribution is 5.69. The van der Waals surface area contributed by atoms with Crippen LogP contribution in [0.15, 0.2) is 35.6 Å². The summed E-state index contributed by atoms with van der Waals surface area (Å²) in [6, 6.07) is 0. The molecule has 1 N–H and O–H groups in total. The summed E-state index contributed by atoms with van der Waals surface area (Å²) in [5.74, 6) is 0.0213. The summed E-state index contributed by atoms with van der Waals surface area (Å²) < 4.78 is 4.54. The highest BCUT2D eigenvalue weighted by atomic mass is 16.5. The van der Waals surface area contributed by atoms with Crippen molar-refractivity contribution in [2.24, 2.45) is 0 Å². The van der Waals surface area contributed by atoms with Crippen molar-refractivity contribution < 1.29 is 14.6 Å². The Bertz CT molecular complexity index is 312. The van der Waals surface area contributed by atoms with E-state index in [-0.39, 0.29) is 11.7 Å². The Morgan fingerprint density at radius 2 is 1.89 bits per heavy atom. The van der Waals surface area contributed by atoms with Gasteiger partial charge in [-0.25, -0.2) is 0 Å². The Balaban J connectivity index is 0. The molecule has 0 bridgehead atoms. The summed E-state index contributed by atoms with van der Waals surface area (Å²) in [4.78, 5) is 10.9. The van der Waals surface area contributed by atoms with Crippen LogP contribution in [0.1, 0.15) is 47.0 Å². The van der Waals surface area contributed by atoms with Gasteiger partial charge >= 0.3 is 5.97 Å². The topological polar surface area (TPSA) is 46.5 Å². The number of esters is 1. The van der Waals surface area contributed by atoms with Gasteiger partial charge in [0.25, 0.3) is 0 Å². The number of rotatable bonds is 6. The molecule has 3 nitrogen and oxygen atoms in total. The molecule has 0 saturated carbocycles. The van der Waals surface area contributed by atoms with E-state index in [9.17, 15) is 9.90 Å². The lowest BCUT2D eigenvalue weighted by Gasteiger charge is -2.07. The van der Waals surface area contributed by atoms with E-state index in [0.29, 0.717) is 19.3 Å². The highest BCUT2D eigenvalue weighted by Gasteiger charge is 2.06. The first kappa shape index (κ1) is 18.8. The van der Waals surface area contributed by atoms with Crippen LogP contribution in [0.4, 0.5) is 0 Å². The van der Waals surface area contributed by atoms with Gasteiger partial charge in [0.05, 0.1) is 7.11 Å². The first-order valence-electron chi connectivity index (χ1n) is 6.31. The summed E-state index contributed by atoms with van der Waals surface area (Å²) >= 11 is 0. The van der Waals surface area contributed by atoms with Gasteiger partial charge in [0.15, 0.2) is 0 Å². The van der Waals surface area contributed by atoms with Crippen LogP contribution in [0.25, 0.3) is 0 Å². The molecule has 0 spiro atoms. The highest BCUT2D eigenvalue weighted by Crippen LogP contribution is 2.18. The molecule has 3 heteroatoms. The molecule has 0 atom stereocenters. The van der Waals surface area contributed by atoms with E-state index >= 15 is 0 Å². The Morgan fingerprint density at radius 3 is 2.28 bits per heavy atom. The Hall–Kier alpha value is -1.51. The van der Waals surface area contributed by atoms with Crippen LogP contribution in [-0.4, -0.2) is 18.2 Å². The molecule has 0 unspecified atom stereocenters. The third-order valence-corrected chi connectivity index (χ3v) is 2.41. The number of aliphatic hydroxyl groups excluding tert-OH is 1. The smallest absolute Gasteiger partial charge is 0.305 e. The van der Waals surface area contributed by atoms with Crippen LogP contribution in [0.3, 0.4) is 0 Å². The molecule has 104 valence electrons. The fraction of sp³-hybridized carbons (Fsp3) is 0.533. The van der Waals surface area contributed by atoms with E-state index in [1.807, 2.05) is 33.8 Å². The lowest BCUT2D eigenvalue weighted by Crippen LogP contribution is -2.00. The van der Waals surface area contributed by atoms with Crippen molar-refractivity contribution in [1.29, 1.82) is 0 Å². The van der Waals surface area contributed by atoms with Crippen LogP contribution >= 0.6 is 0 Å². The van der Waals surface area contributed by atoms with Gasteiger partial charge in [-0.1, -0.05) is 32.6 Å². The first-order valence-corrected chi connectivity index (χ1v) is 6.31. The lowest BCUT2D eigenvalue weighted by atomic mass is 10.0. The summed E-state index contributed by atoms with van der Waals surface area (Å²) in [7, 11) is 1.37. The molecule has 0 aliphatic rings. The third kappa shape index (κ3) is 7.71. The number of ether oxygens (including phenoxy) is 1. The summed E-state index contributed by atoms with van der Waals surface area (Å²) in [5, 5.41) is 9.82. The van der Waals surface area contributed by atoms with Crippen LogP contribution in [0.2, 0.25) is 0 Å². The van der Waals surface area contributed by atoms with Gasteiger partial charge in [-0.05, 0) is 37.8 Å². The van der Waals surface area contributed by atoms with Gasteiger partial charge in [0, 0.05) is 6.42 Å². The molecule has 0 heterocycles. The SMILES string of the molecule is C=C/C(CCCC(=O)OC)=C(O)\C(C)=C/C.CC. The van der Waals surface area contributed by atoms with Gasteiger partial charge in [-0.2, -0.15) is 0 Å². The number of carbonyl (C=O) groups is 1. The maximum Gasteiger partial charge on any atom is 0.305 e. The van der Waals surface area contributed by atoms with E-state index in [4.69, 9.17) is 0 Å². The minimum absolute atomic E-state index is 0.231. The fourth-order valence-electron chi connectivity index (χ4n) is 1.23. The summed E-state index contributed by atoms with van der Waals surface area (Å²) in [6.07, 6.45) is 5.08. The Labute approximate surface area is 111 Å². The van der Waals surface area contributed by atoms with Gasteiger partial charge in [0.2, 0.25) is 0 Å². The van der Waals surface area contributed by atoms with E-state index in [2.05, 4.69) is 11.3 Å². The van der Waals surface area contributed by atoms with Crippen molar-refractivity contribution in [3.63, 3.8) is 0 Å². The average Bonchev–Trinajstić information content (AvgIpc) is 2.43. The van der Waals surface area contributed by atoms with Crippen molar-refractivity contribution >= 4 is 5.97 Å². The largest absolute Gasteiger partial charge is 0.507 e. The van der Waals surface area contributed by atoms with Crippen LogP contribution in [-0.2, 0) is 9.53 Å². The standard InChI is InChI=1S/C13H20O3.C2H6/c1-5-10(3)13(15)11(6-2)8-7-9-12(14)16-4;1-2/h5-6,15H,2,7-9H2,1,3-4H3;1-2H3/b10-5-,13-11-;. The molecule has 0 saturated heterocycles. The predicted molar refractivity (Wildman–Crippen MR) is 76.5 cm³/mol. The molecule has 0 radical (unpaired) electrons. The number of hydrogen-bond donors (Lipinski definition) is 1. The van der Waals surface area contributed by atoms with Crippen molar-refractivity contribution in [3.8, 4) is 0 Å². The van der Waals surface area contributed by atoms with E-state index in [0.717, 1.165) is 11.1 Å². The summed E-state index contributed by atoms with van der Waals surface area (Å²) in [5.41, 5.74) is 1.58. The van der Waals surface area contributed by atoms with Gasteiger partial charge in [0.1, 0.15) is 5.76 Å². The number of allylic oxidation sites excluding steroid dienone is 4. The van der Waals surface area contributed by atoms with Crippen LogP contribution in [0.5, 0.6) is 0 Å². The first-order chi connectivity index (χ1) is 8.56. The fourth-order valence-corrected chi connectivity index (χ4v) is 1.23. The molecule has 0 aromatic carbocycles. The average molecular weight is 254 g/mol. The lowest BCUT2D eigenvalue weighted by molar-refractivity contribution is -0.140. The predicted octanol–water partition coefficient (Wildman–Crippen LogP) is 4.32. The molecule has 0 aromatic rings. The van der Waals surface area contributed by atoms with Gasteiger partial charge in [-0.15, -0.1) is 0 Å². The number of aliphatic hydroxyl groups is 1. The molecule has 0 amide bonds. The zero-order valence-electron chi connectivity index (χ0n) is 12.2. The number of methoxy groups -OCH3 is 1. The third-order valence-electron chi connectivity index (χ3n) is 2.41. The number of hydrogen-bond acceptors (Lipinski definition) is 3. The zero-order chi connectivity index (χ0) is 14.6.